The molecular weight excluding hydrogens is 314 g/mol. The molecule has 1 saturated heterocycles. The fourth-order valence-electron chi connectivity index (χ4n) is 3.34. The van der Waals surface area contributed by atoms with Crippen LogP contribution < -0.4 is 5.32 Å². The molecule has 1 fully saturated rings. The fourth-order valence-corrected chi connectivity index (χ4v) is 3.34. The maximum absolute atomic E-state index is 4.46. The second kappa shape index (κ2) is 6.98. The number of rotatable bonds is 5. The van der Waals surface area contributed by atoms with E-state index < -0.39 is 0 Å². The summed E-state index contributed by atoms with van der Waals surface area (Å²) in [5.74, 6) is 2.59. The van der Waals surface area contributed by atoms with Crippen molar-refractivity contribution in [1.82, 2.24) is 29.4 Å². The number of anilines is 2. The summed E-state index contributed by atoms with van der Waals surface area (Å²) in [6, 6.07) is 4.60. The summed E-state index contributed by atoms with van der Waals surface area (Å²) in [5, 5.41) is 3.22. The Morgan fingerprint density at radius 2 is 2.04 bits per heavy atom. The number of aromatic nitrogens is 5. The van der Waals surface area contributed by atoms with Crippen LogP contribution in [0.25, 0.3) is 0 Å². The maximum Gasteiger partial charge on any atom is 0.150 e. The third kappa shape index (κ3) is 3.51. The molecule has 7 heteroatoms. The van der Waals surface area contributed by atoms with Gasteiger partial charge < -0.3 is 9.88 Å². The van der Waals surface area contributed by atoms with Crippen molar-refractivity contribution in [1.29, 1.82) is 0 Å². The summed E-state index contributed by atoms with van der Waals surface area (Å²) in [6.07, 6.45) is 13.1. The van der Waals surface area contributed by atoms with E-state index in [4.69, 9.17) is 0 Å². The highest BCUT2D eigenvalue weighted by molar-refractivity contribution is 5.51. The van der Waals surface area contributed by atoms with Gasteiger partial charge in [-0.3, -0.25) is 9.88 Å². The zero-order valence-electron chi connectivity index (χ0n) is 14.2. The van der Waals surface area contributed by atoms with E-state index in [0.717, 1.165) is 31.2 Å². The van der Waals surface area contributed by atoms with Gasteiger partial charge in [0.2, 0.25) is 0 Å². The summed E-state index contributed by atoms with van der Waals surface area (Å²) in [6.45, 7) is 1.95. The summed E-state index contributed by atoms with van der Waals surface area (Å²) < 4.78 is 2.09. The van der Waals surface area contributed by atoms with Gasteiger partial charge in [0.1, 0.15) is 17.5 Å². The number of nitrogens with zero attached hydrogens (tertiary/aromatic N) is 6. The molecule has 0 aromatic carbocycles. The van der Waals surface area contributed by atoms with Crippen LogP contribution in [0.4, 0.5) is 11.6 Å². The normalized spacial score (nSPS) is 17.7. The highest BCUT2D eigenvalue weighted by Gasteiger charge is 2.27. The monoisotopic (exact) mass is 335 g/mol. The standard InChI is InChI=1S/C18H21N7/c1-24-10-8-22-18(24)13-25-9-2-3-15(25)14-4-5-20-16(11-14)23-17-12-19-6-7-21-17/h4-8,10-12,15H,2-3,9,13H2,1H3,(H,20,21,23)/t15-/m0/s1. The first kappa shape index (κ1) is 15.7. The zero-order chi connectivity index (χ0) is 17.1. The minimum atomic E-state index is 0.391. The van der Waals surface area contributed by atoms with Crippen LogP contribution >= 0.6 is 0 Å². The molecule has 0 unspecified atom stereocenters. The van der Waals surface area contributed by atoms with Crippen molar-refractivity contribution in [3.8, 4) is 0 Å². The van der Waals surface area contributed by atoms with Crippen LogP contribution in [0.15, 0.2) is 49.3 Å². The van der Waals surface area contributed by atoms with Crippen molar-refractivity contribution in [3.05, 3.63) is 60.7 Å². The second-order valence-corrected chi connectivity index (χ2v) is 6.27. The highest BCUT2D eigenvalue weighted by atomic mass is 15.2. The van der Waals surface area contributed by atoms with Gasteiger partial charge >= 0.3 is 0 Å². The van der Waals surface area contributed by atoms with Crippen molar-refractivity contribution in [2.45, 2.75) is 25.4 Å². The predicted molar refractivity (Wildman–Crippen MR) is 95.1 cm³/mol. The molecule has 0 amide bonds. The van der Waals surface area contributed by atoms with E-state index >= 15 is 0 Å². The van der Waals surface area contributed by atoms with Crippen molar-refractivity contribution in [2.75, 3.05) is 11.9 Å². The molecule has 1 aliphatic rings. The molecule has 128 valence electrons. The first-order valence-electron chi connectivity index (χ1n) is 8.49. The Hall–Kier alpha value is -2.80. The SMILES string of the molecule is Cn1ccnc1CN1CCC[C@H]1c1ccnc(Nc2cnccn2)c1. The Bertz CT molecular complexity index is 830. The average Bonchev–Trinajstić information content (AvgIpc) is 3.26. The van der Waals surface area contributed by atoms with Crippen molar-refractivity contribution < 1.29 is 0 Å². The lowest BCUT2D eigenvalue weighted by atomic mass is 10.1. The molecule has 1 aliphatic heterocycles. The quantitative estimate of drug-likeness (QED) is 0.773. The van der Waals surface area contributed by atoms with Crippen LogP contribution in [0.3, 0.4) is 0 Å². The Morgan fingerprint density at radius 1 is 1.12 bits per heavy atom. The summed E-state index contributed by atoms with van der Waals surface area (Å²) in [7, 11) is 2.04. The van der Waals surface area contributed by atoms with E-state index in [1.54, 1.807) is 18.6 Å². The summed E-state index contributed by atoms with van der Waals surface area (Å²) in [4.78, 5) is 19.7. The molecule has 1 N–H and O–H groups in total. The van der Waals surface area contributed by atoms with Gasteiger partial charge in [-0.05, 0) is 37.1 Å². The third-order valence-corrected chi connectivity index (χ3v) is 4.62. The lowest BCUT2D eigenvalue weighted by Crippen LogP contribution is -2.24. The Morgan fingerprint density at radius 3 is 2.84 bits per heavy atom. The highest BCUT2D eigenvalue weighted by Crippen LogP contribution is 2.33. The molecule has 25 heavy (non-hydrogen) atoms. The van der Waals surface area contributed by atoms with Gasteiger partial charge in [0.25, 0.3) is 0 Å². The number of hydrogen-bond donors (Lipinski definition) is 1. The van der Waals surface area contributed by atoms with E-state index in [2.05, 4.69) is 46.9 Å². The Labute approximate surface area is 146 Å². The molecule has 1 atom stereocenters. The zero-order valence-corrected chi connectivity index (χ0v) is 14.2. The summed E-state index contributed by atoms with van der Waals surface area (Å²) >= 11 is 0. The van der Waals surface area contributed by atoms with Gasteiger partial charge in [0.15, 0.2) is 0 Å². The first-order chi connectivity index (χ1) is 12.3. The molecule has 0 bridgehead atoms. The third-order valence-electron chi connectivity index (χ3n) is 4.62. The lowest BCUT2D eigenvalue weighted by Gasteiger charge is -2.24. The summed E-state index contributed by atoms with van der Waals surface area (Å²) in [5.41, 5.74) is 1.27. The molecular formula is C18H21N7. The lowest BCUT2D eigenvalue weighted by molar-refractivity contribution is 0.240. The van der Waals surface area contributed by atoms with Crippen LogP contribution in [0.1, 0.15) is 30.3 Å². The van der Waals surface area contributed by atoms with Crippen LogP contribution in [-0.2, 0) is 13.6 Å². The van der Waals surface area contributed by atoms with Crippen molar-refractivity contribution in [2.24, 2.45) is 7.05 Å². The number of imidazole rings is 1. The fraction of sp³-hybridized carbons (Fsp3) is 0.333. The predicted octanol–water partition coefficient (Wildman–Crippen LogP) is 2.69. The molecule has 0 radical (unpaired) electrons. The second-order valence-electron chi connectivity index (χ2n) is 6.27. The minimum absolute atomic E-state index is 0.391. The molecule has 3 aromatic rings. The Kier molecular flexibility index (Phi) is 4.39. The van der Waals surface area contributed by atoms with E-state index in [9.17, 15) is 0 Å². The van der Waals surface area contributed by atoms with E-state index in [1.807, 2.05) is 25.6 Å². The molecule has 0 saturated carbocycles. The van der Waals surface area contributed by atoms with Gasteiger partial charge in [-0.1, -0.05) is 0 Å². The van der Waals surface area contributed by atoms with E-state index in [-0.39, 0.29) is 0 Å². The molecule has 0 spiro atoms. The van der Waals surface area contributed by atoms with E-state index in [0.29, 0.717) is 11.9 Å². The van der Waals surface area contributed by atoms with Crippen LogP contribution in [0, 0.1) is 0 Å². The molecule has 3 aromatic heterocycles. The molecule has 7 nitrogen and oxygen atoms in total. The topological polar surface area (TPSA) is 71.8 Å². The number of hydrogen-bond acceptors (Lipinski definition) is 6. The van der Waals surface area contributed by atoms with E-state index in [1.165, 1.54) is 12.0 Å². The van der Waals surface area contributed by atoms with Gasteiger partial charge in [0.05, 0.1) is 12.7 Å². The van der Waals surface area contributed by atoms with Gasteiger partial charge in [-0.2, -0.15) is 0 Å². The smallest absolute Gasteiger partial charge is 0.150 e. The average molecular weight is 335 g/mol. The number of aryl methyl sites for hydroxylation is 1. The minimum Gasteiger partial charge on any atom is -0.337 e. The van der Waals surface area contributed by atoms with Crippen LogP contribution in [-0.4, -0.2) is 35.9 Å². The number of pyridine rings is 1. The van der Waals surface area contributed by atoms with Gasteiger partial charge in [-0.15, -0.1) is 0 Å². The van der Waals surface area contributed by atoms with Crippen molar-refractivity contribution >= 4 is 11.6 Å². The van der Waals surface area contributed by atoms with Gasteiger partial charge in [-0.25, -0.2) is 15.0 Å². The molecule has 4 rings (SSSR count). The van der Waals surface area contributed by atoms with Crippen LogP contribution in [0.5, 0.6) is 0 Å². The maximum atomic E-state index is 4.46. The molecule has 4 heterocycles. The van der Waals surface area contributed by atoms with Gasteiger partial charge in [0, 0.05) is 44.1 Å². The number of nitrogens with one attached hydrogen (secondary N) is 1. The molecule has 0 aliphatic carbocycles. The van der Waals surface area contributed by atoms with Crippen molar-refractivity contribution in [3.63, 3.8) is 0 Å². The first-order valence-corrected chi connectivity index (χ1v) is 8.49. The number of likely N-dealkylation sites (tertiary alicyclic amines) is 1. The Balaban J connectivity index is 1.52. The largest absolute Gasteiger partial charge is 0.337 e. The van der Waals surface area contributed by atoms with Crippen LogP contribution in [0.2, 0.25) is 0 Å².